The topological polar surface area (TPSA) is 101 Å². The van der Waals surface area contributed by atoms with Gasteiger partial charge in [0.1, 0.15) is 29.6 Å². The molecule has 1 N–H and O–H groups in total. The van der Waals surface area contributed by atoms with Crippen LogP contribution in [0.5, 0.6) is 17.2 Å². The Bertz CT molecular complexity index is 1440. The van der Waals surface area contributed by atoms with Gasteiger partial charge in [0, 0.05) is 29.9 Å². The van der Waals surface area contributed by atoms with E-state index in [0.29, 0.717) is 47.8 Å². The Labute approximate surface area is 214 Å². The number of nitrogens with one attached hydrogen (secondary N) is 1. The molecule has 2 aliphatic rings. The van der Waals surface area contributed by atoms with Crippen molar-refractivity contribution in [3.8, 4) is 17.2 Å². The van der Waals surface area contributed by atoms with Gasteiger partial charge in [-0.1, -0.05) is 13.0 Å². The van der Waals surface area contributed by atoms with Crippen molar-refractivity contribution in [1.29, 1.82) is 0 Å². The number of aryl methyl sites for hydroxylation is 1. The van der Waals surface area contributed by atoms with Crippen LogP contribution in [0.2, 0.25) is 0 Å². The predicted octanol–water partition coefficient (Wildman–Crippen LogP) is 5.19. The number of ether oxygens (including phenoxy) is 2. The fourth-order valence-electron chi connectivity index (χ4n) is 4.36. The molecule has 12 heteroatoms. The van der Waals surface area contributed by atoms with Crippen LogP contribution in [0.25, 0.3) is 0 Å². The first kappa shape index (κ1) is 25.1. The number of urea groups is 1. The van der Waals surface area contributed by atoms with Gasteiger partial charge in [-0.2, -0.15) is 0 Å². The van der Waals surface area contributed by atoms with Crippen molar-refractivity contribution in [2.24, 2.45) is 0 Å². The zero-order valence-electron chi connectivity index (χ0n) is 20.0. The van der Waals surface area contributed by atoms with Gasteiger partial charge < -0.3 is 14.8 Å². The maximum absolute atomic E-state index is 13.2. The molecule has 0 atom stereocenters. The molecule has 0 saturated carbocycles. The van der Waals surface area contributed by atoms with E-state index < -0.39 is 24.1 Å². The van der Waals surface area contributed by atoms with Gasteiger partial charge in [0.25, 0.3) is 5.91 Å². The summed E-state index contributed by atoms with van der Waals surface area (Å²) < 4.78 is 47.9. The summed E-state index contributed by atoms with van der Waals surface area (Å²) in [6.07, 6.45) is -2.05. The van der Waals surface area contributed by atoms with Crippen molar-refractivity contribution in [3.63, 3.8) is 0 Å². The van der Waals surface area contributed by atoms with Crippen molar-refractivity contribution in [1.82, 2.24) is 4.98 Å². The number of anilines is 3. The minimum absolute atomic E-state index is 0.0952. The molecule has 38 heavy (non-hydrogen) atoms. The Morgan fingerprint density at radius 1 is 1.00 bits per heavy atom. The third-order valence-electron chi connectivity index (χ3n) is 6.10. The fraction of sp³-hybridized carbons (Fsp3) is 0.231. The predicted molar refractivity (Wildman–Crippen MR) is 130 cm³/mol. The van der Waals surface area contributed by atoms with E-state index in [1.807, 2.05) is 6.92 Å². The molecule has 1 saturated heterocycles. The second-order valence-corrected chi connectivity index (χ2v) is 8.58. The first-order chi connectivity index (χ1) is 18.1. The third-order valence-corrected chi connectivity index (χ3v) is 6.10. The monoisotopic (exact) mass is 526 g/mol. The van der Waals surface area contributed by atoms with Gasteiger partial charge >= 0.3 is 12.4 Å². The molecule has 0 radical (unpaired) electrons. The van der Waals surface area contributed by atoms with E-state index in [4.69, 9.17) is 4.74 Å². The van der Waals surface area contributed by atoms with Gasteiger partial charge in [0.05, 0.1) is 5.69 Å². The van der Waals surface area contributed by atoms with Crippen molar-refractivity contribution in [3.05, 3.63) is 65.9 Å². The zero-order valence-corrected chi connectivity index (χ0v) is 20.0. The number of nitrogens with zero attached hydrogens (tertiary/aromatic N) is 3. The van der Waals surface area contributed by atoms with Crippen molar-refractivity contribution in [2.45, 2.75) is 32.5 Å². The fourth-order valence-corrected chi connectivity index (χ4v) is 4.36. The highest BCUT2D eigenvalue weighted by molar-refractivity contribution is 6.27. The maximum Gasteiger partial charge on any atom is 0.573 e. The van der Waals surface area contributed by atoms with Gasteiger partial charge in [-0.05, 0) is 54.8 Å². The van der Waals surface area contributed by atoms with E-state index in [2.05, 4.69) is 15.0 Å². The van der Waals surface area contributed by atoms with E-state index in [1.54, 1.807) is 24.3 Å². The van der Waals surface area contributed by atoms with E-state index >= 15 is 0 Å². The van der Waals surface area contributed by atoms with Gasteiger partial charge in [-0.15, -0.1) is 13.2 Å². The number of carbonyl (C=O) groups is 3. The summed E-state index contributed by atoms with van der Waals surface area (Å²) in [5.74, 6) is 0.348. The minimum atomic E-state index is -4.89. The van der Waals surface area contributed by atoms with Gasteiger partial charge in [-0.25, -0.2) is 14.7 Å². The lowest BCUT2D eigenvalue weighted by atomic mass is 10.1. The SMILES string of the molecule is CCc1cc(N2C(=O)CN(c3cccc(OC(F)(F)F)c3)C2=O)ccc1Oc1ccnc2c1CCC(=O)N2. The molecule has 0 aliphatic carbocycles. The van der Waals surface area contributed by atoms with Crippen molar-refractivity contribution >= 4 is 35.0 Å². The first-order valence-corrected chi connectivity index (χ1v) is 11.7. The summed E-state index contributed by atoms with van der Waals surface area (Å²) in [6, 6.07) is 10.8. The van der Waals surface area contributed by atoms with E-state index in [1.165, 1.54) is 18.3 Å². The number of carbonyl (C=O) groups excluding carboxylic acids is 3. The highest BCUT2D eigenvalue weighted by atomic mass is 19.4. The number of hydrogen-bond acceptors (Lipinski definition) is 6. The summed E-state index contributed by atoms with van der Waals surface area (Å²) in [4.78, 5) is 43.9. The Hall–Kier alpha value is -4.61. The molecule has 5 rings (SSSR count). The molecular formula is C26H21F3N4O5. The summed E-state index contributed by atoms with van der Waals surface area (Å²) >= 11 is 0. The Kier molecular flexibility index (Phi) is 6.39. The molecule has 1 aromatic heterocycles. The number of amides is 4. The quantitative estimate of drug-likeness (QED) is 0.444. The Morgan fingerprint density at radius 2 is 1.82 bits per heavy atom. The lowest BCUT2D eigenvalue weighted by molar-refractivity contribution is -0.274. The van der Waals surface area contributed by atoms with Gasteiger partial charge in [0.2, 0.25) is 5.91 Å². The highest BCUT2D eigenvalue weighted by Crippen LogP contribution is 2.37. The van der Waals surface area contributed by atoms with Crippen molar-refractivity contribution < 1.29 is 37.0 Å². The number of hydrogen-bond donors (Lipinski definition) is 1. The highest BCUT2D eigenvalue weighted by Gasteiger charge is 2.39. The molecule has 0 bridgehead atoms. The number of halogens is 3. The van der Waals surface area contributed by atoms with Gasteiger partial charge in [-0.3, -0.25) is 14.5 Å². The third kappa shape index (κ3) is 4.97. The van der Waals surface area contributed by atoms with Crippen molar-refractivity contribution in [2.75, 3.05) is 21.7 Å². The van der Waals surface area contributed by atoms with Crippen LogP contribution in [-0.4, -0.2) is 35.7 Å². The van der Waals surface area contributed by atoms with Crippen LogP contribution in [0.15, 0.2) is 54.7 Å². The number of alkyl halides is 3. The summed E-state index contributed by atoms with van der Waals surface area (Å²) in [7, 11) is 0. The summed E-state index contributed by atoms with van der Waals surface area (Å²) in [6.45, 7) is 1.54. The molecule has 0 spiro atoms. The zero-order chi connectivity index (χ0) is 27.0. The van der Waals surface area contributed by atoms with Crippen LogP contribution in [0.1, 0.15) is 24.5 Å². The molecule has 1 fully saturated rings. The largest absolute Gasteiger partial charge is 0.573 e. The molecule has 2 aliphatic heterocycles. The molecule has 3 heterocycles. The van der Waals surface area contributed by atoms with Crippen LogP contribution in [0, 0.1) is 0 Å². The first-order valence-electron chi connectivity index (χ1n) is 11.7. The van der Waals surface area contributed by atoms with E-state index in [0.717, 1.165) is 27.5 Å². The molecule has 9 nitrogen and oxygen atoms in total. The van der Waals surface area contributed by atoms with Crippen LogP contribution in [0.3, 0.4) is 0 Å². The number of benzene rings is 2. The van der Waals surface area contributed by atoms with Crippen LogP contribution < -0.4 is 24.6 Å². The van der Waals surface area contributed by atoms with Crippen LogP contribution in [-0.2, 0) is 22.4 Å². The number of fused-ring (bicyclic) bond motifs is 1. The molecule has 3 aromatic rings. The number of rotatable bonds is 6. The summed E-state index contributed by atoms with van der Waals surface area (Å²) in [5, 5.41) is 2.72. The van der Waals surface area contributed by atoms with E-state index in [9.17, 15) is 27.6 Å². The Morgan fingerprint density at radius 3 is 2.58 bits per heavy atom. The standard InChI is InChI=1S/C26H21F3N4O5/c1-2-15-12-17(6-8-20(15)37-21-10-11-30-24-19(21)7-9-22(34)31-24)33-23(35)14-32(25(33)36)16-4-3-5-18(13-16)38-26(27,28)29/h3-6,8,10-13H,2,7,9,14H2,1H3,(H,30,31,34). The molecule has 0 unspecified atom stereocenters. The lowest BCUT2D eigenvalue weighted by Gasteiger charge is -2.21. The number of pyridine rings is 1. The average molecular weight is 526 g/mol. The van der Waals surface area contributed by atoms with Gasteiger partial charge in [0.15, 0.2) is 0 Å². The Balaban J connectivity index is 1.39. The number of imide groups is 1. The van der Waals surface area contributed by atoms with Crippen LogP contribution >= 0.6 is 0 Å². The van der Waals surface area contributed by atoms with E-state index in [-0.39, 0.29) is 18.1 Å². The smallest absolute Gasteiger partial charge is 0.457 e. The molecule has 4 amide bonds. The van der Waals surface area contributed by atoms with Crippen LogP contribution in [0.4, 0.5) is 35.2 Å². The maximum atomic E-state index is 13.2. The summed E-state index contributed by atoms with van der Waals surface area (Å²) in [5.41, 5.74) is 1.89. The minimum Gasteiger partial charge on any atom is -0.457 e. The second-order valence-electron chi connectivity index (χ2n) is 8.58. The molecule has 196 valence electrons. The number of aromatic nitrogens is 1. The lowest BCUT2D eigenvalue weighted by Crippen LogP contribution is -2.33. The molecular weight excluding hydrogens is 505 g/mol. The normalized spacial score (nSPS) is 15.4. The second kappa shape index (κ2) is 9.69. The average Bonchev–Trinajstić information content (AvgIpc) is 3.17. The molecule has 2 aromatic carbocycles.